The molecule has 0 saturated heterocycles. The number of nitrogens with zero attached hydrogens (tertiary/aromatic N) is 1. The van der Waals surface area contributed by atoms with Crippen LogP contribution in [0.1, 0.15) is 23.6 Å². The zero-order chi connectivity index (χ0) is 20.4. The van der Waals surface area contributed by atoms with Crippen molar-refractivity contribution in [1.82, 2.24) is 0 Å². The van der Waals surface area contributed by atoms with E-state index >= 15 is 0 Å². The summed E-state index contributed by atoms with van der Waals surface area (Å²) in [5.74, 6) is -0.667. The minimum Gasteiger partial charge on any atom is -0.466 e. The summed E-state index contributed by atoms with van der Waals surface area (Å²) in [5, 5.41) is 4.12. The quantitative estimate of drug-likeness (QED) is 0.211. The number of benzene rings is 2. The van der Waals surface area contributed by atoms with Crippen LogP contribution >= 0.6 is 0 Å². The Morgan fingerprint density at radius 1 is 1.18 bits per heavy atom. The second-order valence-electron chi connectivity index (χ2n) is 5.77. The number of carbonyl (C=O) groups excluding carboxylic acids is 1. The number of carbonyl (C=O) groups is 1. The van der Waals surface area contributed by atoms with E-state index in [1.54, 1.807) is 13.0 Å². The molecule has 7 heteroatoms. The summed E-state index contributed by atoms with van der Waals surface area (Å²) >= 11 is 0. The van der Waals surface area contributed by atoms with Crippen molar-refractivity contribution >= 4 is 11.7 Å². The number of hydrogen-bond acceptors (Lipinski definition) is 6. The summed E-state index contributed by atoms with van der Waals surface area (Å²) in [6.45, 7) is 2.86. The van der Waals surface area contributed by atoms with Crippen LogP contribution in [0.3, 0.4) is 0 Å². The van der Waals surface area contributed by atoms with E-state index in [-0.39, 0.29) is 5.76 Å². The fourth-order valence-electron chi connectivity index (χ4n) is 2.21. The highest BCUT2D eigenvalue weighted by molar-refractivity contribution is 5.98. The monoisotopic (exact) mass is 387 g/mol. The molecule has 0 saturated carbocycles. The highest BCUT2D eigenvalue weighted by Crippen LogP contribution is 2.23. The molecule has 2 aromatic carbocycles. The number of ether oxygens (including phenoxy) is 3. The van der Waals surface area contributed by atoms with Crippen LogP contribution in [0.4, 0.5) is 4.39 Å². The molecule has 0 aliphatic heterocycles. The number of rotatable bonds is 9. The molecule has 0 aliphatic carbocycles. The summed E-state index contributed by atoms with van der Waals surface area (Å²) in [6.07, 6.45) is 0.877. The first kappa shape index (κ1) is 21.0. The zero-order valence-corrected chi connectivity index (χ0v) is 16.0. The van der Waals surface area contributed by atoms with Gasteiger partial charge in [-0.3, -0.25) is 0 Å². The van der Waals surface area contributed by atoms with Gasteiger partial charge in [-0.1, -0.05) is 47.6 Å². The highest BCUT2D eigenvalue weighted by Gasteiger charge is 2.15. The maximum atomic E-state index is 12.2. The van der Waals surface area contributed by atoms with Crippen LogP contribution in [-0.2, 0) is 25.7 Å². The van der Waals surface area contributed by atoms with E-state index in [1.165, 1.54) is 7.11 Å². The van der Waals surface area contributed by atoms with E-state index in [1.807, 2.05) is 49.4 Å². The molecule has 0 aliphatic rings. The average Bonchev–Trinajstić information content (AvgIpc) is 2.72. The fourth-order valence-corrected chi connectivity index (χ4v) is 2.21. The van der Waals surface area contributed by atoms with Crippen LogP contribution < -0.4 is 4.74 Å². The van der Waals surface area contributed by atoms with E-state index in [2.05, 4.69) is 14.6 Å². The van der Waals surface area contributed by atoms with E-state index in [4.69, 9.17) is 9.57 Å². The molecule has 0 spiro atoms. The standard InChI is InChI=1S/C21H22FNO5/c1-15-9-10-18(16(2)23-27-12-17-7-5-4-6-8-17)11-19(15)28-20(13-26-14-22)21(24)25-3/h4-11,13H,12,14H2,1-3H3/b20-13-,23-16?. The van der Waals surface area contributed by atoms with Crippen molar-refractivity contribution < 1.29 is 28.2 Å². The van der Waals surface area contributed by atoms with Crippen molar-refractivity contribution in [2.75, 3.05) is 14.0 Å². The highest BCUT2D eigenvalue weighted by atomic mass is 19.1. The smallest absolute Gasteiger partial charge is 0.377 e. The molecule has 2 rings (SSSR count). The first-order chi connectivity index (χ1) is 13.5. The molecular formula is C21H22FNO5. The third kappa shape index (κ3) is 6.12. The van der Waals surface area contributed by atoms with Crippen molar-refractivity contribution in [2.24, 2.45) is 5.16 Å². The number of aryl methyl sites for hydroxylation is 1. The Labute approximate surface area is 163 Å². The molecule has 0 heterocycles. The summed E-state index contributed by atoms with van der Waals surface area (Å²) < 4.78 is 26.9. The Hall–Kier alpha value is -3.35. The number of alkyl halides is 1. The third-order valence-corrected chi connectivity index (χ3v) is 3.74. The predicted octanol–water partition coefficient (Wildman–Crippen LogP) is 4.27. The van der Waals surface area contributed by atoms with Crippen molar-refractivity contribution in [2.45, 2.75) is 20.5 Å². The maximum Gasteiger partial charge on any atom is 0.377 e. The summed E-state index contributed by atoms with van der Waals surface area (Å²) in [6, 6.07) is 15.0. The first-order valence-electron chi connectivity index (χ1n) is 8.50. The number of oxime groups is 1. The topological polar surface area (TPSA) is 66.4 Å². The molecule has 0 fully saturated rings. The van der Waals surface area contributed by atoms with Gasteiger partial charge < -0.3 is 19.0 Å². The van der Waals surface area contributed by atoms with Crippen LogP contribution in [0, 0.1) is 6.92 Å². The molecule has 148 valence electrons. The maximum absolute atomic E-state index is 12.2. The Balaban J connectivity index is 2.14. The molecule has 0 atom stereocenters. The lowest BCUT2D eigenvalue weighted by molar-refractivity contribution is -0.138. The van der Waals surface area contributed by atoms with Gasteiger partial charge in [-0.15, -0.1) is 0 Å². The number of methoxy groups -OCH3 is 1. The second-order valence-corrected chi connectivity index (χ2v) is 5.77. The average molecular weight is 387 g/mol. The lowest BCUT2D eigenvalue weighted by atomic mass is 10.1. The Morgan fingerprint density at radius 2 is 1.93 bits per heavy atom. The largest absolute Gasteiger partial charge is 0.466 e. The van der Waals surface area contributed by atoms with E-state index in [0.717, 1.165) is 23.0 Å². The number of halogens is 1. The van der Waals surface area contributed by atoms with Gasteiger partial charge >= 0.3 is 5.97 Å². The fraction of sp³-hybridized carbons (Fsp3) is 0.238. The van der Waals surface area contributed by atoms with Crippen LogP contribution in [-0.4, -0.2) is 25.7 Å². The van der Waals surface area contributed by atoms with E-state index in [9.17, 15) is 9.18 Å². The van der Waals surface area contributed by atoms with Gasteiger partial charge in [-0.05, 0) is 31.0 Å². The molecule has 0 unspecified atom stereocenters. The Morgan fingerprint density at radius 3 is 2.61 bits per heavy atom. The van der Waals surface area contributed by atoms with Gasteiger partial charge in [0.15, 0.2) is 0 Å². The molecular weight excluding hydrogens is 365 g/mol. The summed E-state index contributed by atoms with van der Waals surface area (Å²) in [7, 11) is 1.19. The van der Waals surface area contributed by atoms with Crippen molar-refractivity contribution in [3.05, 3.63) is 77.2 Å². The molecule has 28 heavy (non-hydrogen) atoms. The normalized spacial score (nSPS) is 11.7. The minimum atomic E-state index is -1.09. The van der Waals surface area contributed by atoms with Crippen molar-refractivity contribution in [1.29, 1.82) is 0 Å². The van der Waals surface area contributed by atoms with E-state index in [0.29, 0.717) is 18.1 Å². The SMILES string of the molecule is COC(=O)/C(=C/OCF)Oc1cc(C(C)=NOCc2ccccc2)ccc1C. The van der Waals surface area contributed by atoms with Gasteiger partial charge in [0.05, 0.1) is 12.8 Å². The molecule has 6 nitrogen and oxygen atoms in total. The molecule has 0 amide bonds. The summed E-state index contributed by atoms with van der Waals surface area (Å²) in [4.78, 5) is 17.2. The van der Waals surface area contributed by atoms with Gasteiger partial charge in [-0.25, -0.2) is 9.18 Å². The van der Waals surface area contributed by atoms with Gasteiger partial charge in [0.2, 0.25) is 12.6 Å². The van der Waals surface area contributed by atoms with Crippen molar-refractivity contribution in [3.8, 4) is 5.75 Å². The molecule has 0 N–H and O–H groups in total. The lowest BCUT2D eigenvalue weighted by Gasteiger charge is -2.12. The zero-order valence-electron chi connectivity index (χ0n) is 16.0. The van der Waals surface area contributed by atoms with Gasteiger partial charge in [0.25, 0.3) is 0 Å². The molecule has 0 radical (unpaired) electrons. The third-order valence-electron chi connectivity index (χ3n) is 3.74. The van der Waals surface area contributed by atoms with Crippen LogP contribution in [0.5, 0.6) is 5.75 Å². The van der Waals surface area contributed by atoms with Gasteiger partial charge in [0, 0.05) is 5.56 Å². The molecule has 2 aromatic rings. The molecule has 0 bridgehead atoms. The first-order valence-corrected chi connectivity index (χ1v) is 8.50. The van der Waals surface area contributed by atoms with Crippen LogP contribution in [0.2, 0.25) is 0 Å². The molecule has 0 aromatic heterocycles. The lowest BCUT2D eigenvalue weighted by Crippen LogP contribution is -2.12. The van der Waals surface area contributed by atoms with Gasteiger partial charge in [0.1, 0.15) is 18.6 Å². The summed E-state index contributed by atoms with van der Waals surface area (Å²) in [5.41, 5.74) is 3.14. The minimum absolute atomic E-state index is 0.268. The number of hydrogen-bond donors (Lipinski definition) is 0. The number of esters is 1. The van der Waals surface area contributed by atoms with E-state index < -0.39 is 12.8 Å². The van der Waals surface area contributed by atoms with Crippen LogP contribution in [0.25, 0.3) is 0 Å². The Kier molecular flexibility index (Phi) is 8.02. The second kappa shape index (κ2) is 10.7. The Bertz CT molecular complexity index is 849. The van der Waals surface area contributed by atoms with Crippen LogP contribution in [0.15, 0.2) is 65.7 Å². The van der Waals surface area contributed by atoms with Gasteiger partial charge in [-0.2, -0.15) is 0 Å². The predicted molar refractivity (Wildman–Crippen MR) is 102 cm³/mol. The van der Waals surface area contributed by atoms with Crippen molar-refractivity contribution in [3.63, 3.8) is 0 Å².